The molecule has 0 aliphatic rings. The lowest BCUT2D eigenvalue weighted by atomic mass is 10.1. The van der Waals surface area contributed by atoms with Crippen LogP contribution in [0.25, 0.3) is 0 Å². The van der Waals surface area contributed by atoms with Gasteiger partial charge in [-0.05, 0) is 17.7 Å². The third-order valence-electron chi connectivity index (χ3n) is 2.54. The average molecular weight is 348 g/mol. The minimum atomic E-state index is -4.50. The minimum Gasteiger partial charge on any atom is -0.480 e. The molecule has 132 valence electrons. The number of hydrogen-bond donors (Lipinski definition) is 3. The maximum atomic E-state index is 11.9. The lowest BCUT2D eigenvalue weighted by molar-refractivity contribution is -0.174. The molecule has 0 heterocycles. The van der Waals surface area contributed by atoms with E-state index in [0.717, 1.165) is 0 Å². The van der Waals surface area contributed by atoms with Gasteiger partial charge in [-0.15, -0.1) is 0 Å². The molecule has 0 aromatic heterocycles. The van der Waals surface area contributed by atoms with Crippen molar-refractivity contribution >= 4 is 23.5 Å². The van der Waals surface area contributed by atoms with E-state index in [1.165, 1.54) is 24.3 Å². The molecule has 0 fully saturated rings. The third-order valence-corrected chi connectivity index (χ3v) is 2.54. The van der Waals surface area contributed by atoms with Gasteiger partial charge in [-0.3, -0.25) is 14.4 Å². The minimum absolute atomic E-state index is 0.0454. The van der Waals surface area contributed by atoms with Crippen LogP contribution in [-0.4, -0.2) is 48.8 Å². The van der Waals surface area contributed by atoms with Gasteiger partial charge in [0.05, 0.1) is 6.42 Å². The van der Waals surface area contributed by atoms with E-state index in [1.54, 1.807) is 0 Å². The zero-order chi connectivity index (χ0) is 18.2. The van der Waals surface area contributed by atoms with Crippen molar-refractivity contribution in [2.24, 2.45) is 0 Å². The number of carbonyl (C=O) groups is 3. The SMILES string of the molecule is O=C(O)CNC(=O)Cc1ccc(NC(=O)COCC(F)(F)F)cc1. The summed E-state index contributed by atoms with van der Waals surface area (Å²) in [6.45, 7) is -2.73. The fraction of sp³-hybridized carbons (Fsp3) is 0.357. The number of rotatable bonds is 8. The van der Waals surface area contributed by atoms with Gasteiger partial charge in [0.15, 0.2) is 0 Å². The molecule has 1 rings (SSSR count). The Labute approximate surface area is 134 Å². The predicted octanol–water partition coefficient (Wildman–Crippen LogP) is 0.947. The molecule has 1 aromatic rings. The number of hydrogen-bond acceptors (Lipinski definition) is 4. The molecule has 0 bridgehead atoms. The second-order valence-corrected chi connectivity index (χ2v) is 4.70. The van der Waals surface area contributed by atoms with Crippen LogP contribution < -0.4 is 10.6 Å². The van der Waals surface area contributed by atoms with Gasteiger partial charge in [0.1, 0.15) is 19.8 Å². The molecule has 0 radical (unpaired) electrons. The fourth-order valence-corrected chi connectivity index (χ4v) is 1.58. The van der Waals surface area contributed by atoms with Crippen molar-refractivity contribution in [2.75, 3.05) is 25.1 Å². The maximum Gasteiger partial charge on any atom is 0.411 e. The third kappa shape index (κ3) is 8.73. The quantitative estimate of drug-likeness (QED) is 0.649. The van der Waals surface area contributed by atoms with Gasteiger partial charge >= 0.3 is 12.1 Å². The van der Waals surface area contributed by atoms with E-state index >= 15 is 0 Å². The molecule has 3 N–H and O–H groups in total. The Bertz CT molecular complexity index is 587. The zero-order valence-electron chi connectivity index (χ0n) is 12.4. The summed E-state index contributed by atoms with van der Waals surface area (Å²) in [5.41, 5.74) is 0.898. The molecule has 0 atom stereocenters. The highest BCUT2D eigenvalue weighted by Gasteiger charge is 2.27. The Morgan fingerprint density at radius 2 is 1.71 bits per heavy atom. The summed E-state index contributed by atoms with van der Waals surface area (Å²) >= 11 is 0. The van der Waals surface area contributed by atoms with Crippen LogP contribution in [0.2, 0.25) is 0 Å². The maximum absolute atomic E-state index is 11.9. The standard InChI is InChI=1S/C14H15F3N2O5/c15-14(16,17)8-24-7-12(21)19-10-3-1-9(2-4-10)5-11(20)18-6-13(22)23/h1-4H,5-8H2,(H,18,20)(H,19,21)(H,22,23). The van der Waals surface area contributed by atoms with Gasteiger partial charge in [-0.25, -0.2) is 0 Å². The summed E-state index contributed by atoms with van der Waals surface area (Å²) in [5, 5.41) is 13.0. The lowest BCUT2D eigenvalue weighted by Gasteiger charge is -2.09. The molecule has 0 aliphatic heterocycles. The highest BCUT2D eigenvalue weighted by molar-refractivity contribution is 5.91. The van der Waals surface area contributed by atoms with Gasteiger partial charge in [-0.2, -0.15) is 13.2 Å². The van der Waals surface area contributed by atoms with Gasteiger partial charge in [-0.1, -0.05) is 12.1 Å². The number of amides is 2. The summed E-state index contributed by atoms with van der Waals surface area (Å²) in [6.07, 6.45) is -4.54. The van der Waals surface area contributed by atoms with Crippen LogP contribution in [-0.2, 0) is 25.5 Å². The first-order valence-corrected chi connectivity index (χ1v) is 6.67. The van der Waals surface area contributed by atoms with E-state index < -0.39 is 43.7 Å². The molecule has 1 aromatic carbocycles. The van der Waals surface area contributed by atoms with E-state index in [4.69, 9.17) is 5.11 Å². The molecule has 10 heteroatoms. The van der Waals surface area contributed by atoms with Crippen molar-refractivity contribution < 1.29 is 37.4 Å². The predicted molar refractivity (Wildman–Crippen MR) is 76.3 cm³/mol. The molecular weight excluding hydrogens is 333 g/mol. The molecule has 2 amide bonds. The van der Waals surface area contributed by atoms with Crippen LogP contribution in [0.1, 0.15) is 5.56 Å². The van der Waals surface area contributed by atoms with Crippen LogP contribution in [0, 0.1) is 0 Å². The van der Waals surface area contributed by atoms with Gasteiger partial charge in [0.25, 0.3) is 0 Å². The Hall–Kier alpha value is -2.62. The van der Waals surface area contributed by atoms with Crippen molar-refractivity contribution in [3.05, 3.63) is 29.8 Å². The number of aliphatic carboxylic acids is 1. The van der Waals surface area contributed by atoms with Crippen molar-refractivity contribution in [2.45, 2.75) is 12.6 Å². The normalized spacial score (nSPS) is 11.0. The highest BCUT2D eigenvalue weighted by Crippen LogP contribution is 2.14. The van der Waals surface area contributed by atoms with Gasteiger partial charge < -0.3 is 20.5 Å². The number of carboxylic acid groups (broad SMARTS) is 1. The van der Waals surface area contributed by atoms with Crippen molar-refractivity contribution in [1.29, 1.82) is 0 Å². The Kier molecular flexibility index (Phi) is 7.18. The summed E-state index contributed by atoms with van der Waals surface area (Å²) in [5.74, 6) is -2.38. The summed E-state index contributed by atoms with van der Waals surface area (Å²) < 4.78 is 39.8. The van der Waals surface area contributed by atoms with Crippen LogP contribution in [0.5, 0.6) is 0 Å². The van der Waals surface area contributed by atoms with Crippen LogP contribution in [0.15, 0.2) is 24.3 Å². The molecule has 0 aliphatic carbocycles. The number of ether oxygens (including phenoxy) is 1. The van der Waals surface area contributed by atoms with Crippen LogP contribution >= 0.6 is 0 Å². The van der Waals surface area contributed by atoms with Gasteiger partial charge in [0, 0.05) is 5.69 Å². The molecule has 24 heavy (non-hydrogen) atoms. The number of alkyl halides is 3. The summed E-state index contributed by atoms with van der Waals surface area (Å²) in [6, 6.07) is 5.96. The first-order chi connectivity index (χ1) is 11.2. The number of halogens is 3. The van der Waals surface area contributed by atoms with E-state index in [0.29, 0.717) is 11.3 Å². The second-order valence-electron chi connectivity index (χ2n) is 4.70. The molecule has 0 spiro atoms. The monoisotopic (exact) mass is 348 g/mol. The number of carbonyl (C=O) groups excluding carboxylic acids is 2. The second kappa shape index (κ2) is 8.87. The van der Waals surface area contributed by atoms with Crippen molar-refractivity contribution in [3.8, 4) is 0 Å². The fourth-order valence-electron chi connectivity index (χ4n) is 1.58. The Balaban J connectivity index is 2.40. The van der Waals surface area contributed by atoms with E-state index in [1.807, 2.05) is 0 Å². The van der Waals surface area contributed by atoms with Gasteiger partial charge in [0.2, 0.25) is 11.8 Å². The molecule has 0 saturated carbocycles. The van der Waals surface area contributed by atoms with Crippen molar-refractivity contribution in [3.63, 3.8) is 0 Å². The average Bonchev–Trinajstić information content (AvgIpc) is 2.46. The first kappa shape index (κ1) is 19.4. The summed E-state index contributed by atoms with van der Waals surface area (Å²) in [4.78, 5) is 33.1. The van der Waals surface area contributed by atoms with Crippen LogP contribution in [0.3, 0.4) is 0 Å². The topological polar surface area (TPSA) is 105 Å². The Morgan fingerprint density at radius 1 is 1.08 bits per heavy atom. The first-order valence-electron chi connectivity index (χ1n) is 6.67. The molecular formula is C14H15F3N2O5. The number of benzene rings is 1. The highest BCUT2D eigenvalue weighted by atomic mass is 19.4. The number of nitrogens with one attached hydrogen (secondary N) is 2. The van der Waals surface area contributed by atoms with Crippen molar-refractivity contribution in [1.82, 2.24) is 5.32 Å². The largest absolute Gasteiger partial charge is 0.480 e. The summed E-state index contributed by atoms with van der Waals surface area (Å²) in [7, 11) is 0. The van der Waals surface area contributed by atoms with E-state index in [2.05, 4.69) is 15.4 Å². The lowest BCUT2D eigenvalue weighted by Crippen LogP contribution is -2.30. The molecule has 7 nitrogen and oxygen atoms in total. The number of anilines is 1. The smallest absolute Gasteiger partial charge is 0.411 e. The Morgan fingerprint density at radius 3 is 2.25 bits per heavy atom. The zero-order valence-corrected chi connectivity index (χ0v) is 12.4. The van der Waals surface area contributed by atoms with E-state index in [9.17, 15) is 27.6 Å². The molecule has 0 saturated heterocycles. The van der Waals surface area contributed by atoms with Crippen LogP contribution in [0.4, 0.5) is 18.9 Å². The van der Waals surface area contributed by atoms with E-state index in [-0.39, 0.29) is 6.42 Å². The molecule has 0 unspecified atom stereocenters. The number of carboxylic acids is 1.